The lowest BCUT2D eigenvalue weighted by atomic mass is 9.77. The van der Waals surface area contributed by atoms with Crippen molar-refractivity contribution < 1.29 is 4.74 Å². The van der Waals surface area contributed by atoms with Crippen LogP contribution in [0.5, 0.6) is 0 Å². The van der Waals surface area contributed by atoms with Crippen LogP contribution in [0.3, 0.4) is 0 Å². The molecule has 0 aliphatic carbocycles. The van der Waals surface area contributed by atoms with E-state index in [4.69, 9.17) is 4.74 Å². The summed E-state index contributed by atoms with van der Waals surface area (Å²) in [7, 11) is 0. The Labute approximate surface area is 114 Å². The first-order valence-electron chi connectivity index (χ1n) is 7.97. The lowest BCUT2D eigenvalue weighted by molar-refractivity contribution is 0.0959. The zero-order chi connectivity index (χ0) is 13.4. The second kappa shape index (κ2) is 8.16. The average molecular weight is 255 g/mol. The van der Waals surface area contributed by atoms with Crippen LogP contribution in [0.2, 0.25) is 0 Å². The Balaban J connectivity index is 2.30. The lowest BCUT2D eigenvalue weighted by Gasteiger charge is -2.33. The maximum Gasteiger partial charge on any atom is 0.0576 e. The molecule has 1 saturated heterocycles. The van der Waals surface area contributed by atoms with E-state index in [-0.39, 0.29) is 0 Å². The van der Waals surface area contributed by atoms with Gasteiger partial charge in [-0.25, -0.2) is 0 Å². The van der Waals surface area contributed by atoms with Crippen molar-refractivity contribution in [3.05, 3.63) is 0 Å². The van der Waals surface area contributed by atoms with Gasteiger partial charge in [-0.05, 0) is 43.9 Å². The Bertz CT molecular complexity index is 205. The molecule has 0 bridgehead atoms. The van der Waals surface area contributed by atoms with Crippen molar-refractivity contribution >= 4 is 0 Å². The highest BCUT2D eigenvalue weighted by molar-refractivity contribution is 4.80. The molecule has 2 heteroatoms. The molecule has 1 unspecified atom stereocenters. The molecular weight excluding hydrogens is 222 g/mol. The van der Waals surface area contributed by atoms with E-state index >= 15 is 0 Å². The largest absolute Gasteiger partial charge is 0.378 e. The number of rotatable bonds is 9. The first kappa shape index (κ1) is 16.0. The summed E-state index contributed by atoms with van der Waals surface area (Å²) < 4.78 is 5.72. The second-order valence-electron chi connectivity index (χ2n) is 6.27. The zero-order valence-corrected chi connectivity index (χ0v) is 12.9. The predicted molar refractivity (Wildman–Crippen MR) is 79.0 cm³/mol. The summed E-state index contributed by atoms with van der Waals surface area (Å²) in [5, 5.41) is 3.64. The number of hydrogen-bond acceptors (Lipinski definition) is 2. The fourth-order valence-corrected chi connectivity index (χ4v) is 2.94. The Hall–Kier alpha value is -0.0800. The first-order chi connectivity index (χ1) is 8.62. The van der Waals surface area contributed by atoms with Gasteiger partial charge < -0.3 is 10.1 Å². The highest BCUT2D eigenvalue weighted by Crippen LogP contribution is 2.33. The maximum absolute atomic E-state index is 5.72. The zero-order valence-electron chi connectivity index (χ0n) is 12.9. The van der Waals surface area contributed by atoms with Gasteiger partial charge in [0.2, 0.25) is 0 Å². The smallest absolute Gasteiger partial charge is 0.0576 e. The van der Waals surface area contributed by atoms with E-state index in [0.717, 1.165) is 6.61 Å². The molecule has 2 nitrogen and oxygen atoms in total. The van der Waals surface area contributed by atoms with Crippen molar-refractivity contribution in [3.63, 3.8) is 0 Å². The first-order valence-corrected chi connectivity index (χ1v) is 7.97. The summed E-state index contributed by atoms with van der Waals surface area (Å²) in [5.74, 6) is 0. The fraction of sp³-hybridized carbons (Fsp3) is 1.00. The van der Waals surface area contributed by atoms with Crippen molar-refractivity contribution in [2.45, 2.75) is 84.8 Å². The number of ether oxygens (including phenoxy) is 1. The molecule has 1 aliphatic heterocycles. The van der Waals surface area contributed by atoms with Crippen LogP contribution in [0.4, 0.5) is 0 Å². The van der Waals surface area contributed by atoms with Crippen molar-refractivity contribution in [1.29, 1.82) is 0 Å². The van der Waals surface area contributed by atoms with Crippen molar-refractivity contribution in [1.82, 2.24) is 5.32 Å². The molecule has 0 saturated carbocycles. The van der Waals surface area contributed by atoms with Crippen LogP contribution in [-0.2, 0) is 4.74 Å². The summed E-state index contributed by atoms with van der Waals surface area (Å²) in [6.07, 6.45) is 9.63. The highest BCUT2D eigenvalue weighted by Gasteiger charge is 2.26. The van der Waals surface area contributed by atoms with Gasteiger partial charge >= 0.3 is 0 Å². The van der Waals surface area contributed by atoms with Gasteiger partial charge in [0, 0.05) is 19.2 Å². The van der Waals surface area contributed by atoms with E-state index in [1.165, 1.54) is 51.5 Å². The average Bonchev–Trinajstić information content (AvgIpc) is 2.87. The highest BCUT2D eigenvalue weighted by atomic mass is 16.5. The van der Waals surface area contributed by atoms with Gasteiger partial charge in [-0.15, -0.1) is 0 Å². The van der Waals surface area contributed by atoms with Gasteiger partial charge in [-0.3, -0.25) is 0 Å². The van der Waals surface area contributed by atoms with Crippen LogP contribution in [0.15, 0.2) is 0 Å². The summed E-state index contributed by atoms with van der Waals surface area (Å²) in [4.78, 5) is 0. The lowest BCUT2D eigenvalue weighted by Crippen LogP contribution is -2.37. The standard InChI is InChI=1S/C16H33NO/c1-5-16(6-2,13-17-14(3)4)11-7-9-15-10-8-12-18-15/h14-15,17H,5-13H2,1-4H3. The molecule has 108 valence electrons. The molecule has 18 heavy (non-hydrogen) atoms. The second-order valence-corrected chi connectivity index (χ2v) is 6.27. The topological polar surface area (TPSA) is 21.3 Å². The SMILES string of the molecule is CCC(CC)(CCCC1CCCO1)CNC(C)C. The van der Waals surface area contributed by atoms with E-state index < -0.39 is 0 Å². The van der Waals surface area contributed by atoms with Gasteiger partial charge in [-0.1, -0.05) is 34.1 Å². The molecule has 1 heterocycles. The minimum Gasteiger partial charge on any atom is -0.378 e. The number of hydrogen-bond donors (Lipinski definition) is 1. The van der Waals surface area contributed by atoms with E-state index in [1.54, 1.807) is 0 Å². The Morgan fingerprint density at radius 3 is 2.50 bits per heavy atom. The van der Waals surface area contributed by atoms with Gasteiger partial charge in [-0.2, -0.15) is 0 Å². The van der Waals surface area contributed by atoms with E-state index in [9.17, 15) is 0 Å². The van der Waals surface area contributed by atoms with Gasteiger partial charge in [0.05, 0.1) is 6.10 Å². The fourth-order valence-electron chi connectivity index (χ4n) is 2.94. The molecule has 1 fully saturated rings. The molecule has 0 aromatic heterocycles. The summed E-state index contributed by atoms with van der Waals surface area (Å²) in [5.41, 5.74) is 0.503. The van der Waals surface area contributed by atoms with Crippen LogP contribution in [0, 0.1) is 5.41 Å². The Morgan fingerprint density at radius 1 is 1.28 bits per heavy atom. The van der Waals surface area contributed by atoms with Crippen LogP contribution in [0.1, 0.15) is 72.6 Å². The van der Waals surface area contributed by atoms with Crippen LogP contribution < -0.4 is 5.32 Å². The van der Waals surface area contributed by atoms with Gasteiger partial charge in [0.25, 0.3) is 0 Å². The molecular formula is C16H33NO. The van der Waals surface area contributed by atoms with Gasteiger partial charge in [0.1, 0.15) is 0 Å². The number of nitrogens with one attached hydrogen (secondary N) is 1. The molecule has 1 N–H and O–H groups in total. The third-order valence-electron chi connectivity index (χ3n) is 4.64. The molecule has 0 spiro atoms. The van der Waals surface area contributed by atoms with Crippen molar-refractivity contribution in [3.8, 4) is 0 Å². The molecule has 0 aromatic rings. The van der Waals surface area contributed by atoms with Crippen LogP contribution in [-0.4, -0.2) is 25.3 Å². The van der Waals surface area contributed by atoms with Crippen molar-refractivity contribution in [2.24, 2.45) is 5.41 Å². The molecule has 1 aliphatic rings. The Morgan fingerprint density at radius 2 is 2.00 bits per heavy atom. The monoisotopic (exact) mass is 255 g/mol. The molecule has 1 atom stereocenters. The third kappa shape index (κ3) is 5.27. The van der Waals surface area contributed by atoms with Crippen LogP contribution in [0.25, 0.3) is 0 Å². The third-order valence-corrected chi connectivity index (χ3v) is 4.64. The quantitative estimate of drug-likeness (QED) is 0.668. The normalized spacial score (nSPS) is 20.8. The molecule has 0 aromatic carbocycles. The van der Waals surface area contributed by atoms with Crippen LogP contribution >= 0.6 is 0 Å². The minimum atomic E-state index is 0.503. The van der Waals surface area contributed by atoms with E-state index in [0.29, 0.717) is 17.6 Å². The summed E-state index contributed by atoms with van der Waals surface area (Å²) >= 11 is 0. The van der Waals surface area contributed by atoms with Crippen molar-refractivity contribution in [2.75, 3.05) is 13.2 Å². The minimum absolute atomic E-state index is 0.503. The van der Waals surface area contributed by atoms with Gasteiger partial charge in [0.15, 0.2) is 0 Å². The molecule has 0 amide bonds. The molecule has 1 rings (SSSR count). The molecule has 0 radical (unpaired) electrons. The summed E-state index contributed by atoms with van der Waals surface area (Å²) in [6, 6.07) is 0.598. The maximum atomic E-state index is 5.72. The Kier molecular flexibility index (Phi) is 7.25. The predicted octanol–water partition coefficient (Wildman–Crippen LogP) is 4.14. The van der Waals surface area contributed by atoms with E-state index in [2.05, 4.69) is 33.0 Å². The summed E-state index contributed by atoms with van der Waals surface area (Å²) in [6.45, 7) is 11.3. The van der Waals surface area contributed by atoms with E-state index in [1.807, 2.05) is 0 Å².